The number of para-hydroxylation sites is 1. The highest BCUT2D eigenvalue weighted by Crippen LogP contribution is 2.30. The molecule has 190 valence electrons. The normalized spacial score (nSPS) is 14.8. The number of aromatic amines is 2. The molecule has 4 rings (SSSR count). The number of urea groups is 1. The fraction of sp³-hybridized carbons (Fsp3) is 0.577. The molecule has 1 aliphatic rings. The Labute approximate surface area is 206 Å². The Morgan fingerprint density at radius 2 is 1.86 bits per heavy atom. The van der Waals surface area contributed by atoms with Crippen molar-refractivity contribution in [3.05, 3.63) is 34.7 Å². The first-order valence-corrected chi connectivity index (χ1v) is 13.0. The Kier molecular flexibility index (Phi) is 8.63. The second-order valence-electron chi connectivity index (χ2n) is 9.43. The van der Waals surface area contributed by atoms with Crippen LogP contribution in [-0.4, -0.2) is 76.7 Å². The SMILES string of the molecule is CCCC(CCC)CN1CCN(C(=O)NCCCOc2c3ccccc3nc3[nH]c(=O)[nH]c23)CC1. The van der Waals surface area contributed by atoms with E-state index in [0.717, 1.165) is 49.5 Å². The number of pyridine rings is 1. The van der Waals surface area contributed by atoms with Gasteiger partial charge in [0.25, 0.3) is 0 Å². The van der Waals surface area contributed by atoms with Gasteiger partial charge in [0.1, 0.15) is 5.52 Å². The Hall–Kier alpha value is -3.07. The predicted octanol–water partition coefficient (Wildman–Crippen LogP) is 3.72. The van der Waals surface area contributed by atoms with Gasteiger partial charge in [-0.3, -0.25) is 9.88 Å². The summed E-state index contributed by atoms with van der Waals surface area (Å²) in [5, 5.41) is 3.87. The number of imidazole rings is 1. The maximum Gasteiger partial charge on any atom is 0.325 e. The molecule has 0 spiro atoms. The number of carbonyl (C=O) groups is 1. The number of hydrogen-bond acceptors (Lipinski definition) is 5. The first kappa shape index (κ1) is 25.0. The molecule has 0 saturated carbocycles. The van der Waals surface area contributed by atoms with Crippen molar-refractivity contribution < 1.29 is 9.53 Å². The lowest BCUT2D eigenvalue weighted by Gasteiger charge is -2.36. The van der Waals surface area contributed by atoms with Crippen LogP contribution in [0.2, 0.25) is 0 Å². The number of nitrogens with zero attached hydrogens (tertiary/aromatic N) is 3. The Morgan fingerprint density at radius 1 is 1.11 bits per heavy atom. The van der Waals surface area contributed by atoms with E-state index in [-0.39, 0.29) is 11.7 Å². The van der Waals surface area contributed by atoms with Crippen molar-refractivity contribution in [1.29, 1.82) is 0 Å². The smallest absolute Gasteiger partial charge is 0.325 e. The van der Waals surface area contributed by atoms with Gasteiger partial charge >= 0.3 is 11.7 Å². The summed E-state index contributed by atoms with van der Waals surface area (Å²) in [4.78, 5) is 38.8. The van der Waals surface area contributed by atoms with Gasteiger partial charge in [-0.1, -0.05) is 38.8 Å². The zero-order valence-corrected chi connectivity index (χ0v) is 20.9. The van der Waals surface area contributed by atoms with Gasteiger partial charge in [-0.2, -0.15) is 0 Å². The van der Waals surface area contributed by atoms with Gasteiger partial charge in [0, 0.05) is 44.7 Å². The number of piperazine rings is 1. The number of carbonyl (C=O) groups excluding carboxylic acids is 1. The zero-order chi connectivity index (χ0) is 24.6. The minimum Gasteiger partial charge on any atom is -0.490 e. The monoisotopic (exact) mass is 482 g/mol. The minimum atomic E-state index is -0.314. The molecule has 0 unspecified atom stereocenters. The van der Waals surface area contributed by atoms with E-state index in [1.807, 2.05) is 29.2 Å². The van der Waals surface area contributed by atoms with Gasteiger partial charge in [-0.05, 0) is 37.3 Å². The van der Waals surface area contributed by atoms with Crippen LogP contribution in [0.3, 0.4) is 0 Å². The average molecular weight is 483 g/mol. The highest BCUT2D eigenvalue weighted by Gasteiger charge is 2.22. The van der Waals surface area contributed by atoms with Crippen LogP contribution in [0, 0.1) is 5.92 Å². The third-order valence-electron chi connectivity index (χ3n) is 6.73. The molecule has 1 aromatic carbocycles. The van der Waals surface area contributed by atoms with E-state index in [9.17, 15) is 9.59 Å². The lowest BCUT2D eigenvalue weighted by molar-refractivity contribution is 0.123. The van der Waals surface area contributed by atoms with Crippen LogP contribution in [0.4, 0.5) is 4.79 Å². The summed E-state index contributed by atoms with van der Waals surface area (Å²) < 4.78 is 6.06. The van der Waals surface area contributed by atoms with E-state index in [1.165, 1.54) is 25.7 Å². The van der Waals surface area contributed by atoms with Crippen LogP contribution in [-0.2, 0) is 0 Å². The summed E-state index contributed by atoms with van der Waals surface area (Å²) in [7, 11) is 0. The predicted molar refractivity (Wildman–Crippen MR) is 139 cm³/mol. The number of hydrogen-bond donors (Lipinski definition) is 3. The molecule has 2 aromatic heterocycles. The summed E-state index contributed by atoms with van der Waals surface area (Å²) >= 11 is 0. The van der Waals surface area contributed by atoms with E-state index in [4.69, 9.17) is 4.74 Å². The molecule has 1 saturated heterocycles. The third-order valence-corrected chi connectivity index (χ3v) is 6.73. The number of amides is 2. The van der Waals surface area contributed by atoms with Crippen molar-refractivity contribution in [2.75, 3.05) is 45.9 Å². The second kappa shape index (κ2) is 12.1. The molecule has 3 aromatic rings. The van der Waals surface area contributed by atoms with Gasteiger partial charge in [-0.15, -0.1) is 0 Å². The van der Waals surface area contributed by atoms with Gasteiger partial charge in [0.15, 0.2) is 11.4 Å². The summed E-state index contributed by atoms with van der Waals surface area (Å²) in [5.41, 5.74) is 1.49. The Balaban J connectivity index is 1.22. The number of rotatable bonds is 11. The lowest BCUT2D eigenvalue weighted by atomic mass is 9.97. The van der Waals surface area contributed by atoms with E-state index < -0.39 is 0 Å². The maximum atomic E-state index is 12.6. The summed E-state index contributed by atoms with van der Waals surface area (Å²) in [5.74, 6) is 1.38. The standard InChI is InChI=1S/C26H38N6O3/c1-3-8-19(9-4-2)18-31-13-15-32(16-14-31)26(34)27-12-7-17-35-23-20-10-5-6-11-21(20)28-24-22(23)29-25(33)30-24/h5-6,10-11,19H,3-4,7-9,12-18H2,1-2H3,(H,27,34)(H2,28,29,30,33). The van der Waals surface area contributed by atoms with Crippen molar-refractivity contribution in [3.63, 3.8) is 0 Å². The maximum absolute atomic E-state index is 12.6. The second-order valence-corrected chi connectivity index (χ2v) is 9.43. The molecular formula is C26H38N6O3. The quantitative estimate of drug-likeness (QED) is 0.361. The fourth-order valence-electron chi connectivity index (χ4n) is 4.99. The van der Waals surface area contributed by atoms with Gasteiger partial charge in [0.2, 0.25) is 0 Å². The molecule has 0 radical (unpaired) electrons. The fourth-order valence-corrected chi connectivity index (χ4v) is 4.99. The molecule has 2 amide bonds. The van der Waals surface area contributed by atoms with Crippen LogP contribution in [0.25, 0.3) is 22.1 Å². The van der Waals surface area contributed by atoms with Gasteiger partial charge in [-0.25, -0.2) is 14.6 Å². The number of ether oxygens (including phenoxy) is 1. The molecule has 0 atom stereocenters. The highest BCUT2D eigenvalue weighted by molar-refractivity contribution is 5.97. The minimum absolute atomic E-state index is 0.00460. The highest BCUT2D eigenvalue weighted by atomic mass is 16.5. The Bertz CT molecular complexity index is 1160. The first-order chi connectivity index (χ1) is 17.1. The van der Waals surface area contributed by atoms with Gasteiger partial charge in [0.05, 0.1) is 12.1 Å². The molecule has 1 fully saturated rings. The third kappa shape index (κ3) is 6.33. The van der Waals surface area contributed by atoms with Gasteiger partial charge < -0.3 is 19.9 Å². The molecule has 1 aliphatic heterocycles. The van der Waals surface area contributed by atoms with Crippen LogP contribution in [0.1, 0.15) is 46.0 Å². The van der Waals surface area contributed by atoms with Crippen LogP contribution in [0.5, 0.6) is 5.75 Å². The van der Waals surface area contributed by atoms with E-state index in [1.54, 1.807) is 0 Å². The zero-order valence-electron chi connectivity index (χ0n) is 20.9. The molecule has 9 heteroatoms. The summed E-state index contributed by atoms with van der Waals surface area (Å²) in [6.07, 6.45) is 5.72. The molecule has 0 bridgehead atoms. The average Bonchev–Trinajstić information content (AvgIpc) is 3.23. The van der Waals surface area contributed by atoms with Crippen molar-refractivity contribution in [3.8, 4) is 5.75 Å². The summed E-state index contributed by atoms with van der Waals surface area (Å²) in [6, 6.07) is 7.63. The van der Waals surface area contributed by atoms with Crippen LogP contribution in [0.15, 0.2) is 29.1 Å². The topological polar surface area (TPSA) is 106 Å². The number of aromatic nitrogens is 3. The number of benzene rings is 1. The lowest BCUT2D eigenvalue weighted by Crippen LogP contribution is -2.52. The van der Waals surface area contributed by atoms with Crippen molar-refractivity contribution in [2.24, 2.45) is 5.92 Å². The molecule has 3 N–H and O–H groups in total. The van der Waals surface area contributed by atoms with Crippen LogP contribution >= 0.6 is 0 Å². The van der Waals surface area contributed by atoms with Crippen molar-refractivity contribution in [2.45, 2.75) is 46.0 Å². The molecule has 3 heterocycles. The van der Waals surface area contributed by atoms with Crippen molar-refractivity contribution >= 4 is 28.1 Å². The molecule has 0 aliphatic carbocycles. The van der Waals surface area contributed by atoms with Crippen LogP contribution < -0.4 is 15.7 Å². The number of H-pyrrole nitrogens is 2. The van der Waals surface area contributed by atoms with E-state index in [2.05, 4.69) is 39.0 Å². The number of fused-ring (bicyclic) bond motifs is 2. The molecule has 35 heavy (non-hydrogen) atoms. The Morgan fingerprint density at radius 3 is 2.60 bits per heavy atom. The largest absolute Gasteiger partial charge is 0.490 e. The molecular weight excluding hydrogens is 444 g/mol. The molecule has 9 nitrogen and oxygen atoms in total. The van der Waals surface area contributed by atoms with E-state index >= 15 is 0 Å². The first-order valence-electron chi connectivity index (χ1n) is 13.0. The van der Waals surface area contributed by atoms with Crippen molar-refractivity contribution in [1.82, 2.24) is 30.1 Å². The van der Waals surface area contributed by atoms with E-state index in [0.29, 0.717) is 36.5 Å². The summed E-state index contributed by atoms with van der Waals surface area (Å²) in [6.45, 7) is 10.1. The number of nitrogens with one attached hydrogen (secondary N) is 3.